The Morgan fingerprint density at radius 2 is 1.84 bits per heavy atom. The molecular weight excluding hydrogens is 440 g/mol. The van der Waals surface area contributed by atoms with Crippen molar-refractivity contribution in [1.29, 1.82) is 0 Å². The summed E-state index contributed by atoms with van der Waals surface area (Å²) in [6, 6.07) is 21.6. The summed E-state index contributed by atoms with van der Waals surface area (Å²) in [4.78, 5) is 7.69. The molecule has 160 valence electrons. The number of rotatable bonds is 5. The molecule has 1 aliphatic rings. The van der Waals surface area contributed by atoms with Crippen LogP contribution in [0.2, 0.25) is 0 Å². The van der Waals surface area contributed by atoms with E-state index in [0.717, 1.165) is 33.1 Å². The van der Waals surface area contributed by atoms with E-state index in [1.165, 1.54) is 0 Å². The molecule has 2 aromatic heterocycles. The van der Waals surface area contributed by atoms with Gasteiger partial charge in [-0.15, -0.1) is 11.3 Å². The molecule has 0 bridgehead atoms. The van der Waals surface area contributed by atoms with E-state index in [-0.39, 0.29) is 6.04 Å². The molecule has 5 rings (SSSR count). The number of ether oxygens (including phenoxy) is 1. The van der Waals surface area contributed by atoms with Crippen molar-refractivity contribution in [2.24, 2.45) is 0 Å². The molecule has 0 spiro atoms. The van der Waals surface area contributed by atoms with Gasteiger partial charge in [-0.3, -0.25) is 4.90 Å². The first-order valence-corrected chi connectivity index (χ1v) is 11.3. The Labute approximate surface area is 195 Å². The minimum absolute atomic E-state index is 0.245. The number of thiocarbonyl (C=S) groups is 1. The predicted octanol–water partition coefficient (Wildman–Crippen LogP) is 5.67. The second kappa shape index (κ2) is 8.57. The molecule has 1 aliphatic heterocycles. The smallest absolute Gasteiger partial charge is 0.258 e. The number of hydrogen-bond acceptors (Lipinski definition) is 6. The van der Waals surface area contributed by atoms with E-state index in [0.29, 0.717) is 16.8 Å². The minimum Gasteiger partial charge on any atom is -0.497 e. The Balaban J connectivity index is 1.65. The van der Waals surface area contributed by atoms with Crippen LogP contribution in [0.5, 0.6) is 5.75 Å². The third-order valence-corrected chi connectivity index (χ3v) is 6.51. The van der Waals surface area contributed by atoms with E-state index < -0.39 is 0 Å². The van der Waals surface area contributed by atoms with Gasteiger partial charge in [0.25, 0.3) is 5.89 Å². The van der Waals surface area contributed by atoms with Gasteiger partial charge in [-0.25, -0.2) is 0 Å². The minimum atomic E-state index is -0.245. The van der Waals surface area contributed by atoms with E-state index in [4.69, 9.17) is 26.5 Å². The van der Waals surface area contributed by atoms with E-state index in [9.17, 15) is 0 Å². The van der Waals surface area contributed by atoms with Crippen LogP contribution in [0.15, 0.2) is 82.3 Å². The van der Waals surface area contributed by atoms with Crippen molar-refractivity contribution in [3.05, 3.63) is 89.3 Å². The Morgan fingerprint density at radius 3 is 2.53 bits per heavy atom. The summed E-state index contributed by atoms with van der Waals surface area (Å²) in [7, 11) is 1.65. The maximum absolute atomic E-state index is 5.78. The van der Waals surface area contributed by atoms with Crippen LogP contribution in [0, 0.1) is 0 Å². The highest BCUT2D eigenvalue weighted by Crippen LogP contribution is 2.39. The number of para-hydroxylation sites is 1. The highest BCUT2D eigenvalue weighted by molar-refractivity contribution is 7.80. The molecule has 1 atom stereocenters. The Bertz CT molecular complexity index is 1270. The second-order valence-corrected chi connectivity index (χ2v) is 8.56. The van der Waals surface area contributed by atoms with Crippen LogP contribution < -0.4 is 15.0 Å². The molecule has 1 unspecified atom stereocenters. The summed E-state index contributed by atoms with van der Waals surface area (Å²) < 4.78 is 11.1. The lowest BCUT2D eigenvalue weighted by Gasteiger charge is -2.37. The lowest BCUT2D eigenvalue weighted by molar-refractivity contribution is 0.404. The summed E-state index contributed by atoms with van der Waals surface area (Å²) in [5.41, 5.74) is 3.79. The molecule has 0 amide bonds. The summed E-state index contributed by atoms with van der Waals surface area (Å²) in [5, 5.41) is 10.3. The average Bonchev–Trinajstić information content (AvgIpc) is 3.52. The number of nitrogens with one attached hydrogen (secondary N) is 1. The van der Waals surface area contributed by atoms with Crippen LogP contribution in [-0.4, -0.2) is 22.4 Å². The predicted molar refractivity (Wildman–Crippen MR) is 131 cm³/mol. The van der Waals surface area contributed by atoms with E-state index in [1.807, 2.05) is 83.9 Å². The summed E-state index contributed by atoms with van der Waals surface area (Å²) in [6.45, 7) is 2.03. The first kappa shape index (κ1) is 20.4. The number of methoxy groups -OCH3 is 1. The van der Waals surface area contributed by atoms with Gasteiger partial charge in [0.15, 0.2) is 5.11 Å². The second-order valence-electron chi connectivity index (χ2n) is 7.23. The SMILES string of the molecule is COc1ccc(C2NC(=S)N(c3ccccc3)C(C)=C2c2nc(-c3cccs3)no2)cc1. The van der Waals surface area contributed by atoms with Crippen molar-refractivity contribution in [2.45, 2.75) is 13.0 Å². The molecule has 6 nitrogen and oxygen atoms in total. The van der Waals surface area contributed by atoms with Crippen molar-refractivity contribution in [3.8, 4) is 16.5 Å². The fourth-order valence-electron chi connectivity index (χ4n) is 3.79. The van der Waals surface area contributed by atoms with Crippen molar-refractivity contribution in [3.63, 3.8) is 0 Å². The number of anilines is 1. The standard InChI is InChI=1S/C24H20N4O2S2/c1-15-20(23-26-22(27-30-23)19-9-6-14-32-19)21(16-10-12-18(29-2)13-11-16)25-24(31)28(15)17-7-4-3-5-8-17/h3-14,21H,1-2H3,(H,25,31). The van der Waals surface area contributed by atoms with E-state index in [2.05, 4.69) is 10.5 Å². The van der Waals surface area contributed by atoms with Crippen molar-refractivity contribution in [1.82, 2.24) is 15.5 Å². The zero-order valence-electron chi connectivity index (χ0n) is 17.5. The molecule has 32 heavy (non-hydrogen) atoms. The van der Waals surface area contributed by atoms with Crippen LogP contribution >= 0.6 is 23.6 Å². The van der Waals surface area contributed by atoms with Crippen molar-refractivity contribution in [2.75, 3.05) is 12.0 Å². The number of aromatic nitrogens is 2. The third-order valence-electron chi connectivity index (χ3n) is 5.35. The topological polar surface area (TPSA) is 63.4 Å². The molecular formula is C24H20N4O2S2. The molecule has 0 saturated carbocycles. The fourth-order valence-corrected chi connectivity index (χ4v) is 4.80. The van der Waals surface area contributed by atoms with Gasteiger partial charge in [0.05, 0.1) is 23.6 Å². The quantitative estimate of drug-likeness (QED) is 0.385. The molecule has 0 saturated heterocycles. The molecule has 0 radical (unpaired) electrons. The Morgan fingerprint density at radius 1 is 1.06 bits per heavy atom. The highest BCUT2D eigenvalue weighted by Gasteiger charge is 2.34. The number of benzene rings is 2. The van der Waals surface area contributed by atoms with Crippen LogP contribution in [0.1, 0.15) is 24.4 Å². The van der Waals surface area contributed by atoms with Crippen molar-refractivity contribution < 1.29 is 9.26 Å². The third kappa shape index (κ3) is 3.68. The first-order chi connectivity index (χ1) is 15.7. The van der Waals surface area contributed by atoms with Gasteiger partial charge in [-0.2, -0.15) is 4.98 Å². The van der Waals surface area contributed by atoms with Gasteiger partial charge in [0, 0.05) is 11.4 Å². The summed E-state index contributed by atoms with van der Waals surface area (Å²) in [5.74, 6) is 1.82. The van der Waals surface area contributed by atoms with Gasteiger partial charge < -0.3 is 14.6 Å². The molecule has 1 N–H and O–H groups in total. The Kier molecular flexibility index (Phi) is 5.46. The largest absolute Gasteiger partial charge is 0.497 e. The van der Waals surface area contributed by atoms with Gasteiger partial charge >= 0.3 is 0 Å². The van der Waals surface area contributed by atoms with E-state index >= 15 is 0 Å². The molecule has 2 aromatic carbocycles. The number of allylic oxidation sites excluding steroid dienone is 1. The zero-order valence-corrected chi connectivity index (χ0v) is 19.1. The van der Waals surface area contributed by atoms with Crippen molar-refractivity contribution >= 4 is 39.9 Å². The number of hydrogen-bond donors (Lipinski definition) is 1. The van der Waals surface area contributed by atoms with Gasteiger partial charge in [-0.05, 0) is 60.4 Å². The van der Waals surface area contributed by atoms with Gasteiger partial charge in [-0.1, -0.05) is 41.6 Å². The maximum atomic E-state index is 5.78. The Hall–Kier alpha value is -3.49. The van der Waals surface area contributed by atoms with Crippen LogP contribution in [0.4, 0.5) is 5.69 Å². The molecule has 3 heterocycles. The molecule has 8 heteroatoms. The number of nitrogens with zero attached hydrogens (tertiary/aromatic N) is 3. The molecule has 0 fully saturated rings. The molecule has 0 aliphatic carbocycles. The average molecular weight is 461 g/mol. The van der Waals surface area contributed by atoms with Crippen LogP contribution in [0.3, 0.4) is 0 Å². The maximum Gasteiger partial charge on any atom is 0.258 e. The lowest BCUT2D eigenvalue weighted by atomic mass is 9.94. The lowest BCUT2D eigenvalue weighted by Crippen LogP contribution is -2.46. The fraction of sp³-hybridized carbons (Fsp3) is 0.125. The van der Waals surface area contributed by atoms with Crippen LogP contribution in [-0.2, 0) is 0 Å². The van der Waals surface area contributed by atoms with Crippen LogP contribution in [0.25, 0.3) is 16.3 Å². The normalized spacial score (nSPS) is 16.2. The zero-order chi connectivity index (χ0) is 22.1. The first-order valence-electron chi connectivity index (χ1n) is 10.0. The highest BCUT2D eigenvalue weighted by atomic mass is 32.1. The number of thiophene rings is 1. The monoisotopic (exact) mass is 460 g/mol. The summed E-state index contributed by atoms with van der Waals surface area (Å²) in [6.07, 6.45) is 0. The van der Waals surface area contributed by atoms with Gasteiger partial charge in [0.2, 0.25) is 5.82 Å². The van der Waals surface area contributed by atoms with Gasteiger partial charge in [0.1, 0.15) is 5.75 Å². The van der Waals surface area contributed by atoms with E-state index in [1.54, 1.807) is 18.4 Å². The molecule has 4 aromatic rings. The summed E-state index contributed by atoms with van der Waals surface area (Å²) >= 11 is 7.35.